The minimum absolute atomic E-state index is 0.360. The molecule has 0 saturated carbocycles. The van der Waals surface area contributed by atoms with Gasteiger partial charge in [0.05, 0.1) is 5.02 Å². The van der Waals surface area contributed by atoms with E-state index in [2.05, 4.69) is 31.2 Å². The Kier molecular flexibility index (Phi) is 4.27. The van der Waals surface area contributed by atoms with E-state index in [0.717, 1.165) is 0 Å². The highest BCUT2D eigenvalue weighted by Crippen LogP contribution is 2.35. The zero-order chi connectivity index (χ0) is 13.1. The first-order valence-corrected chi connectivity index (χ1v) is 6.48. The lowest BCUT2D eigenvalue weighted by Crippen LogP contribution is -1.97. The minimum atomic E-state index is 0.360. The summed E-state index contributed by atoms with van der Waals surface area (Å²) in [6.45, 7) is 0. The molecule has 0 amide bonds. The van der Waals surface area contributed by atoms with Crippen molar-refractivity contribution in [1.82, 2.24) is 9.97 Å². The fourth-order valence-electron chi connectivity index (χ4n) is 1.26. The van der Waals surface area contributed by atoms with Gasteiger partial charge in [0.15, 0.2) is 0 Å². The van der Waals surface area contributed by atoms with Crippen molar-refractivity contribution in [3.05, 3.63) is 39.0 Å². The first kappa shape index (κ1) is 13.4. The fraction of sp³-hybridized carbons (Fsp3) is 0.0909. The van der Waals surface area contributed by atoms with Crippen molar-refractivity contribution >= 4 is 44.9 Å². The molecule has 0 aliphatic heterocycles. The zero-order valence-corrected chi connectivity index (χ0v) is 12.3. The Hall–Kier alpha value is -1.04. The van der Waals surface area contributed by atoms with Crippen molar-refractivity contribution < 1.29 is 4.74 Å². The van der Waals surface area contributed by atoms with Gasteiger partial charge in [-0.05, 0) is 28.1 Å². The maximum absolute atomic E-state index is 6.01. The van der Waals surface area contributed by atoms with Gasteiger partial charge in [-0.2, -0.15) is 0 Å². The summed E-state index contributed by atoms with van der Waals surface area (Å²) in [5, 5.41) is 3.90. The number of halogens is 3. The molecule has 0 fully saturated rings. The maximum Gasteiger partial charge on any atom is 0.238 e. The molecule has 7 heteroatoms. The zero-order valence-electron chi connectivity index (χ0n) is 9.25. The largest absolute Gasteiger partial charge is 0.436 e. The van der Waals surface area contributed by atoms with E-state index in [0.29, 0.717) is 32.0 Å². The number of hydrogen-bond donors (Lipinski definition) is 1. The number of hydrogen-bond acceptors (Lipinski definition) is 4. The van der Waals surface area contributed by atoms with Gasteiger partial charge >= 0.3 is 0 Å². The second-order valence-corrected chi connectivity index (χ2v) is 4.90. The molecule has 1 N–H and O–H groups in total. The SMILES string of the molecule is CNc1ncnc(Oc2cc(Cl)ccc2Cl)c1Br. The van der Waals surface area contributed by atoms with E-state index in [-0.39, 0.29) is 0 Å². The van der Waals surface area contributed by atoms with Crippen LogP contribution in [0.4, 0.5) is 5.82 Å². The number of rotatable bonds is 3. The van der Waals surface area contributed by atoms with Gasteiger partial charge in [0.2, 0.25) is 5.88 Å². The molecule has 1 heterocycles. The lowest BCUT2D eigenvalue weighted by molar-refractivity contribution is 0.459. The van der Waals surface area contributed by atoms with Gasteiger partial charge in [-0.25, -0.2) is 9.97 Å². The van der Waals surface area contributed by atoms with E-state index in [9.17, 15) is 0 Å². The summed E-state index contributed by atoms with van der Waals surface area (Å²) < 4.78 is 6.22. The van der Waals surface area contributed by atoms with Crippen molar-refractivity contribution in [3.8, 4) is 11.6 Å². The van der Waals surface area contributed by atoms with Crippen LogP contribution in [0, 0.1) is 0 Å². The third-order valence-electron chi connectivity index (χ3n) is 2.09. The summed E-state index contributed by atoms with van der Waals surface area (Å²) in [5.41, 5.74) is 0. The van der Waals surface area contributed by atoms with Crippen molar-refractivity contribution in [3.63, 3.8) is 0 Å². The van der Waals surface area contributed by atoms with Crippen molar-refractivity contribution in [2.45, 2.75) is 0 Å². The Morgan fingerprint density at radius 1 is 1.28 bits per heavy atom. The molecule has 0 spiro atoms. The van der Waals surface area contributed by atoms with Crippen LogP contribution in [0.5, 0.6) is 11.6 Å². The average Bonchev–Trinajstić information content (AvgIpc) is 2.36. The normalized spacial score (nSPS) is 10.2. The number of nitrogens with zero attached hydrogens (tertiary/aromatic N) is 2. The number of nitrogens with one attached hydrogen (secondary N) is 1. The molecular weight excluding hydrogens is 341 g/mol. The second-order valence-electron chi connectivity index (χ2n) is 3.27. The molecule has 2 aromatic rings. The summed E-state index contributed by atoms with van der Waals surface area (Å²) in [4.78, 5) is 8.06. The van der Waals surface area contributed by atoms with E-state index in [1.54, 1.807) is 25.2 Å². The predicted octanol–water partition coefficient (Wildman–Crippen LogP) is 4.38. The summed E-state index contributed by atoms with van der Waals surface area (Å²) in [7, 11) is 1.75. The van der Waals surface area contributed by atoms with E-state index in [4.69, 9.17) is 27.9 Å². The van der Waals surface area contributed by atoms with Crippen LogP contribution in [0.1, 0.15) is 0 Å². The molecule has 0 saturated heterocycles. The lowest BCUT2D eigenvalue weighted by atomic mass is 10.3. The molecule has 0 atom stereocenters. The van der Waals surface area contributed by atoms with Crippen LogP contribution >= 0.6 is 39.1 Å². The molecule has 1 aromatic carbocycles. The Bertz CT molecular complexity index is 580. The molecule has 0 bridgehead atoms. The topological polar surface area (TPSA) is 47.0 Å². The van der Waals surface area contributed by atoms with Gasteiger partial charge < -0.3 is 10.1 Å². The van der Waals surface area contributed by atoms with Gasteiger partial charge in [-0.1, -0.05) is 23.2 Å². The molecular formula is C11H8BrCl2N3O. The van der Waals surface area contributed by atoms with Crippen molar-refractivity contribution in [2.24, 2.45) is 0 Å². The fourth-order valence-corrected chi connectivity index (χ4v) is 2.06. The molecule has 1 aromatic heterocycles. The van der Waals surface area contributed by atoms with Gasteiger partial charge in [0.25, 0.3) is 0 Å². The van der Waals surface area contributed by atoms with Gasteiger partial charge in [0, 0.05) is 18.1 Å². The Labute approximate surface area is 122 Å². The van der Waals surface area contributed by atoms with Gasteiger partial charge in [-0.15, -0.1) is 0 Å². The Morgan fingerprint density at radius 3 is 2.78 bits per heavy atom. The first-order valence-electron chi connectivity index (χ1n) is 4.93. The van der Waals surface area contributed by atoms with Crippen LogP contribution in [-0.2, 0) is 0 Å². The molecule has 18 heavy (non-hydrogen) atoms. The third kappa shape index (κ3) is 2.85. The smallest absolute Gasteiger partial charge is 0.238 e. The van der Waals surface area contributed by atoms with E-state index >= 15 is 0 Å². The summed E-state index contributed by atoms with van der Waals surface area (Å²) >= 11 is 15.3. The van der Waals surface area contributed by atoms with Crippen LogP contribution in [0.25, 0.3) is 0 Å². The lowest BCUT2D eigenvalue weighted by Gasteiger charge is -2.10. The highest BCUT2D eigenvalue weighted by molar-refractivity contribution is 9.10. The standard InChI is InChI=1S/C11H8BrCl2N3O/c1-15-10-9(12)11(17-5-16-10)18-8-4-6(13)2-3-7(8)14/h2-5H,1H3,(H,15,16,17). The highest BCUT2D eigenvalue weighted by Gasteiger charge is 2.11. The summed E-state index contributed by atoms with van der Waals surface area (Å²) in [6.07, 6.45) is 1.39. The average molecular weight is 349 g/mol. The van der Waals surface area contributed by atoms with Crippen LogP contribution in [0.2, 0.25) is 10.0 Å². The molecule has 4 nitrogen and oxygen atoms in total. The molecule has 2 rings (SSSR count). The van der Waals surface area contributed by atoms with Gasteiger partial charge in [-0.3, -0.25) is 0 Å². The molecule has 0 radical (unpaired) electrons. The Balaban J connectivity index is 2.37. The molecule has 94 valence electrons. The summed E-state index contributed by atoms with van der Waals surface area (Å²) in [6, 6.07) is 4.97. The van der Waals surface area contributed by atoms with Crippen LogP contribution in [0.3, 0.4) is 0 Å². The van der Waals surface area contributed by atoms with Gasteiger partial charge in [0.1, 0.15) is 22.4 Å². The van der Waals surface area contributed by atoms with E-state index in [1.807, 2.05) is 0 Å². The van der Waals surface area contributed by atoms with E-state index < -0.39 is 0 Å². The second kappa shape index (κ2) is 5.73. The molecule has 0 aliphatic rings. The predicted molar refractivity (Wildman–Crippen MR) is 75.8 cm³/mol. The number of aromatic nitrogens is 2. The van der Waals surface area contributed by atoms with Crippen molar-refractivity contribution in [2.75, 3.05) is 12.4 Å². The number of ether oxygens (including phenoxy) is 1. The van der Waals surface area contributed by atoms with Crippen LogP contribution in [-0.4, -0.2) is 17.0 Å². The van der Waals surface area contributed by atoms with Crippen molar-refractivity contribution in [1.29, 1.82) is 0 Å². The first-order chi connectivity index (χ1) is 8.61. The molecule has 0 unspecified atom stereocenters. The minimum Gasteiger partial charge on any atom is -0.436 e. The Morgan fingerprint density at radius 2 is 2.06 bits per heavy atom. The number of anilines is 1. The number of benzene rings is 1. The maximum atomic E-state index is 6.01. The quantitative estimate of drug-likeness (QED) is 0.894. The third-order valence-corrected chi connectivity index (χ3v) is 3.36. The molecule has 0 aliphatic carbocycles. The van der Waals surface area contributed by atoms with Crippen LogP contribution in [0.15, 0.2) is 29.0 Å². The van der Waals surface area contributed by atoms with Crippen LogP contribution < -0.4 is 10.1 Å². The summed E-state index contributed by atoms with van der Waals surface area (Å²) in [5.74, 6) is 1.42. The van der Waals surface area contributed by atoms with E-state index in [1.165, 1.54) is 6.33 Å². The monoisotopic (exact) mass is 347 g/mol. The highest BCUT2D eigenvalue weighted by atomic mass is 79.9.